The third kappa shape index (κ3) is 21.0. The Morgan fingerprint density at radius 3 is 1.45 bits per heavy atom. The zero-order valence-corrected chi connectivity index (χ0v) is 21.0. The first-order valence-corrected chi connectivity index (χ1v) is 13.7. The second-order valence-electron chi connectivity index (χ2n) is 9.47. The summed E-state index contributed by atoms with van der Waals surface area (Å²) in [5.41, 5.74) is 0. The van der Waals surface area contributed by atoms with E-state index in [0.29, 0.717) is 12.8 Å². The number of unbranched alkanes of at least 4 members (excludes halogenated alkanes) is 17. The van der Waals surface area contributed by atoms with Crippen molar-refractivity contribution in [2.75, 3.05) is 6.61 Å². The number of hydrogen-bond donors (Lipinski definition) is 3. The predicted octanol–water partition coefficient (Wildman–Crippen LogP) is 7.06. The average Bonchev–Trinajstić information content (AvgIpc) is 2.77. The fourth-order valence-electron chi connectivity index (χ4n) is 4.18. The van der Waals surface area contributed by atoms with Gasteiger partial charge in [-0.2, -0.15) is 0 Å². The Labute approximate surface area is 194 Å². The van der Waals surface area contributed by atoms with Crippen LogP contribution in [-0.4, -0.2) is 34.9 Å². The van der Waals surface area contributed by atoms with E-state index in [1.807, 2.05) is 0 Å². The van der Waals surface area contributed by atoms with E-state index in [9.17, 15) is 15.0 Å². The van der Waals surface area contributed by atoms with Gasteiger partial charge >= 0.3 is 0 Å². The van der Waals surface area contributed by atoms with Gasteiger partial charge in [-0.25, -0.2) is 0 Å². The zero-order chi connectivity index (χ0) is 23.0. The molecule has 3 N–H and O–H groups in total. The topological polar surface area (TPSA) is 69.6 Å². The largest absolute Gasteiger partial charge is 0.394 e. The van der Waals surface area contributed by atoms with Crippen LogP contribution in [0.2, 0.25) is 0 Å². The van der Waals surface area contributed by atoms with E-state index >= 15 is 0 Å². The Morgan fingerprint density at radius 1 is 0.645 bits per heavy atom. The number of carbonyl (C=O) groups is 1. The maximum atomic E-state index is 12.1. The summed E-state index contributed by atoms with van der Waals surface area (Å²) in [6.07, 6.45) is 24.4. The minimum atomic E-state index is -0.647. The predicted molar refractivity (Wildman–Crippen MR) is 133 cm³/mol. The Morgan fingerprint density at radius 2 is 1.03 bits per heavy atom. The van der Waals surface area contributed by atoms with Crippen LogP contribution >= 0.6 is 0 Å². The summed E-state index contributed by atoms with van der Waals surface area (Å²) >= 11 is 0. The number of rotatable bonds is 24. The van der Waals surface area contributed by atoms with E-state index in [2.05, 4.69) is 19.2 Å². The van der Waals surface area contributed by atoms with E-state index in [-0.39, 0.29) is 12.5 Å². The average molecular weight is 442 g/mol. The standard InChI is InChI=1S/C27H55NO3/c1-3-5-7-9-11-12-13-14-15-16-17-18-20-22-26(30)25(24-29)28-27(31)23-21-19-10-8-6-4-2/h25-26,29-30H,3-24H2,1-2H3,(H,28,31). The van der Waals surface area contributed by atoms with Gasteiger partial charge in [0.05, 0.1) is 18.8 Å². The third-order valence-corrected chi connectivity index (χ3v) is 6.37. The number of nitrogens with one attached hydrogen (secondary N) is 1. The van der Waals surface area contributed by atoms with Gasteiger partial charge in [0, 0.05) is 6.42 Å². The fraction of sp³-hybridized carbons (Fsp3) is 0.963. The van der Waals surface area contributed by atoms with Crippen LogP contribution in [0.3, 0.4) is 0 Å². The zero-order valence-electron chi connectivity index (χ0n) is 21.0. The number of carbonyl (C=O) groups excluding carboxylic acids is 1. The second kappa shape index (κ2) is 24.0. The summed E-state index contributed by atoms with van der Waals surface area (Å²) in [5.74, 6) is -0.0426. The molecule has 1 amide bonds. The van der Waals surface area contributed by atoms with Gasteiger partial charge in [0.15, 0.2) is 0 Å². The summed E-state index contributed by atoms with van der Waals surface area (Å²) in [6.45, 7) is 4.27. The van der Waals surface area contributed by atoms with Crippen molar-refractivity contribution in [2.45, 2.75) is 161 Å². The van der Waals surface area contributed by atoms with Crippen LogP contribution in [0.25, 0.3) is 0 Å². The van der Waals surface area contributed by atoms with E-state index in [1.165, 1.54) is 96.3 Å². The van der Waals surface area contributed by atoms with Gasteiger partial charge < -0.3 is 15.5 Å². The van der Waals surface area contributed by atoms with Crippen LogP contribution in [-0.2, 0) is 4.79 Å². The van der Waals surface area contributed by atoms with Crippen LogP contribution in [0.5, 0.6) is 0 Å². The SMILES string of the molecule is CCCCCCCCCCCCCCCC(O)C(CO)NC(=O)CCCCCCCC. The van der Waals surface area contributed by atoms with E-state index < -0.39 is 12.1 Å². The molecule has 0 heterocycles. The first-order valence-electron chi connectivity index (χ1n) is 13.7. The molecule has 2 atom stereocenters. The van der Waals surface area contributed by atoms with Gasteiger partial charge in [-0.1, -0.05) is 129 Å². The first kappa shape index (κ1) is 30.4. The smallest absolute Gasteiger partial charge is 0.220 e. The van der Waals surface area contributed by atoms with Crippen molar-refractivity contribution in [3.63, 3.8) is 0 Å². The molecular weight excluding hydrogens is 386 g/mol. The molecule has 31 heavy (non-hydrogen) atoms. The fourth-order valence-corrected chi connectivity index (χ4v) is 4.18. The number of aliphatic hydroxyl groups excluding tert-OH is 2. The van der Waals surface area contributed by atoms with Gasteiger partial charge in [-0.15, -0.1) is 0 Å². The Balaban J connectivity index is 3.58. The lowest BCUT2D eigenvalue weighted by molar-refractivity contribution is -0.123. The van der Waals surface area contributed by atoms with Crippen LogP contribution in [0.15, 0.2) is 0 Å². The van der Waals surface area contributed by atoms with Crippen molar-refractivity contribution in [2.24, 2.45) is 0 Å². The summed E-state index contributed by atoms with van der Waals surface area (Å²) in [5, 5.41) is 22.7. The highest BCUT2D eigenvalue weighted by atomic mass is 16.3. The monoisotopic (exact) mass is 441 g/mol. The minimum absolute atomic E-state index is 0.0426. The van der Waals surface area contributed by atoms with E-state index in [0.717, 1.165) is 25.7 Å². The summed E-state index contributed by atoms with van der Waals surface area (Å²) in [6, 6.07) is -0.523. The molecule has 0 saturated carbocycles. The number of aliphatic hydroxyl groups is 2. The van der Waals surface area contributed by atoms with Gasteiger partial charge in [0.25, 0.3) is 0 Å². The molecule has 0 saturated heterocycles. The minimum Gasteiger partial charge on any atom is -0.394 e. The van der Waals surface area contributed by atoms with Gasteiger partial charge in [-0.05, 0) is 12.8 Å². The highest BCUT2D eigenvalue weighted by Crippen LogP contribution is 2.14. The van der Waals surface area contributed by atoms with Crippen LogP contribution in [0.1, 0.15) is 149 Å². The molecule has 0 spiro atoms. The van der Waals surface area contributed by atoms with Gasteiger partial charge in [0.2, 0.25) is 5.91 Å². The van der Waals surface area contributed by atoms with Crippen molar-refractivity contribution in [3.8, 4) is 0 Å². The normalized spacial score (nSPS) is 13.3. The van der Waals surface area contributed by atoms with E-state index in [4.69, 9.17) is 0 Å². The molecule has 4 heteroatoms. The lowest BCUT2D eigenvalue weighted by atomic mass is 10.0. The molecule has 0 radical (unpaired) electrons. The lowest BCUT2D eigenvalue weighted by Crippen LogP contribution is -2.45. The molecule has 0 aliphatic carbocycles. The van der Waals surface area contributed by atoms with Crippen LogP contribution < -0.4 is 5.32 Å². The lowest BCUT2D eigenvalue weighted by Gasteiger charge is -2.22. The molecule has 2 unspecified atom stereocenters. The molecule has 0 aliphatic rings. The van der Waals surface area contributed by atoms with Crippen molar-refractivity contribution < 1.29 is 15.0 Å². The summed E-state index contributed by atoms with van der Waals surface area (Å²) < 4.78 is 0. The Hall–Kier alpha value is -0.610. The summed E-state index contributed by atoms with van der Waals surface area (Å²) in [7, 11) is 0. The van der Waals surface area contributed by atoms with Gasteiger partial charge in [0.1, 0.15) is 0 Å². The highest BCUT2D eigenvalue weighted by Gasteiger charge is 2.19. The van der Waals surface area contributed by atoms with Gasteiger partial charge in [-0.3, -0.25) is 4.79 Å². The maximum absolute atomic E-state index is 12.1. The number of amides is 1. The molecular formula is C27H55NO3. The van der Waals surface area contributed by atoms with E-state index in [1.54, 1.807) is 0 Å². The highest BCUT2D eigenvalue weighted by molar-refractivity contribution is 5.76. The summed E-state index contributed by atoms with van der Waals surface area (Å²) in [4.78, 5) is 12.1. The number of hydrogen-bond acceptors (Lipinski definition) is 3. The van der Waals surface area contributed by atoms with Crippen molar-refractivity contribution in [1.29, 1.82) is 0 Å². The molecule has 0 aliphatic heterocycles. The molecule has 186 valence electrons. The molecule has 0 fully saturated rings. The Bertz CT molecular complexity index is 375. The molecule has 0 aromatic heterocycles. The van der Waals surface area contributed by atoms with Crippen molar-refractivity contribution >= 4 is 5.91 Å². The Kier molecular flexibility index (Phi) is 23.6. The van der Waals surface area contributed by atoms with Crippen LogP contribution in [0.4, 0.5) is 0 Å². The molecule has 4 nitrogen and oxygen atoms in total. The van der Waals surface area contributed by atoms with Crippen LogP contribution in [0, 0.1) is 0 Å². The van der Waals surface area contributed by atoms with Crippen molar-refractivity contribution in [1.82, 2.24) is 5.32 Å². The third-order valence-electron chi connectivity index (χ3n) is 6.37. The molecule has 0 bridgehead atoms. The molecule has 0 aromatic rings. The molecule has 0 aromatic carbocycles. The maximum Gasteiger partial charge on any atom is 0.220 e. The quantitative estimate of drug-likeness (QED) is 0.140. The molecule has 0 rings (SSSR count). The first-order chi connectivity index (χ1) is 15.2. The second-order valence-corrected chi connectivity index (χ2v) is 9.47. The van der Waals surface area contributed by atoms with Crippen molar-refractivity contribution in [3.05, 3.63) is 0 Å².